The van der Waals surface area contributed by atoms with Gasteiger partial charge in [-0.15, -0.1) is 0 Å². The van der Waals surface area contributed by atoms with E-state index in [9.17, 15) is 9.90 Å². The van der Waals surface area contributed by atoms with Crippen LogP contribution in [-0.4, -0.2) is 51.6 Å². The lowest BCUT2D eigenvalue weighted by atomic mass is 9.95. The minimum atomic E-state index is -0.833. The summed E-state index contributed by atoms with van der Waals surface area (Å²) in [7, 11) is 0. The van der Waals surface area contributed by atoms with Crippen molar-refractivity contribution < 1.29 is 9.90 Å². The first-order valence-electron chi connectivity index (χ1n) is 8.71. The number of rotatable bonds is 3. The van der Waals surface area contributed by atoms with Gasteiger partial charge in [-0.3, -0.25) is 9.69 Å². The van der Waals surface area contributed by atoms with Crippen LogP contribution >= 0.6 is 0 Å². The van der Waals surface area contributed by atoms with Gasteiger partial charge in [0, 0.05) is 19.6 Å². The second kappa shape index (κ2) is 6.25. The molecule has 4 heteroatoms. The van der Waals surface area contributed by atoms with Crippen LogP contribution in [0.4, 0.5) is 0 Å². The Morgan fingerprint density at radius 1 is 1.26 bits per heavy atom. The average molecular weight is 316 g/mol. The first kappa shape index (κ1) is 16.5. The molecule has 126 valence electrons. The van der Waals surface area contributed by atoms with Gasteiger partial charge in [0.05, 0.1) is 17.7 Å². The van der Waals surface area contributed by atoms with E-state index in [1.807, 2.05) is 25.7 Å². The molecule has 23 heavy (non-hydrogen) atoms. The van der Waals surface area contributed by atoms with Crippen LogP contribution in [0.5, 0.6) is 0 Å². The predicted octanol–water partition coefficient (Wildman–Crippen LogP) is 2.20. The Balaban J connectivity index is 1.71. The summed E-state index contributed by atoms with van der Waals surface area (Å²) in [5, 5.41) is 10.4. The number of likely N-dealkylation sites (tertiary alicyclic amines) is 1. The Kier molecular flexibility index (Phi) is 4.47. The highest BCUT2D eigenvalue weighted by atomic mass is 16.3. The van der Waals surface area contributed by atoms with Crippen molar-refractivity contribution in [3.8, 4) is 0 Å². The zero-order chi connectivity index (χ0) is 16.6. The normalized spacial score (nSPS) is 23.7. The van der Waals surface area contributed by atoms with E-state index in [1.54, 1.807) is 0 Å². The molecule has 1 fully saturated rings. The molecule has 2 aliphatic rings. The van der Waals surface area contributed by atoms with E-state index in [0.717, 1.165) is 38.9 Å². The number of amides is 1. The second-order valence-electron chi connectivity index (χ2n) is 7.51. The molecule has 2 heterocycles. The van der Waals surface area contributed by atoms with Crippen LogP contribution in [0.1, 0.15) is 44.7 Å². The molecular formula is C19H28N2O2. The first-order chi connectivity index (χ1) is 10.9. The number of nitrogens with zero attached hydrogens (tertiary/aromatic N) is 2. The van der Waals surface area contributed by atoms with Gasteiger partial charge in [-0.05, 0) is 51.2 Å². The molecule has 0 radical (unpaired) electrons. The number of benzene rings is 1. The molecular weight excluding hydrogens is 288 g/mol. The maximum absolute atomic E-state index is 13.0. The van der Waals surface area contributed by atoms with Gasteiger partial charge in [-0.1, -0.05) is 24.3 Å². The van der Waals surface area contributed by atoms with Crippen LogP contribution in [0.25, 0.3) is 0 Å². The van der Waals surface area contributed by atoms with E-state index in [4.69, 9.17) is 0 Å². The van der Waals surface area contributed by atoms with E-state index in [2.05, 4.69) is 29.2 Å². The summed E-state index contributed by atoms with van der Waals surface area (Å²) in [6, 6.07) is 8.31. The lowest BCUT2D eigenvalue weighted by molar-refractivity contribution is -0.142. The highest BCUT2D eigenvalue weighted by Gasteiger charge is 2.40. The molecule has 0 spiro atoms. The van der Waals surface area contributed by atoms with Crippen molar-refractivity contribution in [2.45, 2.75) is 64.3 Å². The Bertz CT molecular complexity index is 579. The quantitative estimate of drug-likeness (QED) is 0.930. The summed E-state index contributed by atoms with van der Waals surface area (Å²) in [6.45, 7) is 8.16. The number of hydrogen-bond acceptors (Lipinski definition) is 3. The van der Waals surface area contributed by atoms with Crippen LogP contribution in [0.2, 0.25) is 0 Å². The monoisotopic (exact) mass is 316 g/mol. The smallest absolute Gasteiger partial charge is 0.240 e. The summed E-state index contributed by atoms with van der Waals surface area (Å²) in [4.78, 5) is 17.2. The minimum absolute atomic E-state index is 0.0606. The molecule has 1 aromatic carbocycles. The van der Waals surface area contributed by atoms with Crippen LogP contribution in [0.15, 0.2) is 24.3 Å². The van der Waals surface area contributed by atoms with Gasteiger partial charge in [0.1, 0.15) is 0 Å². The van der Waals surface area contributed by atoms with Crippen molar-refractivity contribution >= 4 is 5.91 Å². The van der Waals surface area contributed by atoms with Gasteiger partial charge in [-0.25, -0.2) is 0 Å². The van der Waals surface area contributed by atoms with Crippen molar-refractivity contribution in [1.29, 1.82) is 0 Å². The van der Waals surface area contributed by atoms with E-state index in [-0.39, 0.29) is 18.0 Å². The largest absolute Gasteiger partial charge is 0.388 e. The van der Waals surface area contributed by atoms with Crippen LogP contribution in [0.3, 0.4) is 0 Å². The zero-order valence-corrected chi connectivity index (χ0v) is 14.5. The molecule has 2 unspecified atom stereocenters. The van der Waals surface area contributed by atoms with E-state index < -0.39 is 5.60 Å². The van der Waals surface area contributed by atoms with Crippen molar-refractivity contribution in [3.05, 3.63) is 35.4 Å². The Morgan fingerprint density at radius 3 is 2.65 bits per heavy atom. The third-order valence-corrected chi connectivity index (χ3v) is 5.42. The number of fused-ring (bicyclic) bond motifs is 1. The van der Waals surface area contributed by atoms with E-state index in [0.29, 0.717) is 0 Å². The average Bonchev–Trinajstić information content (AvgIpc) is 3.03. The topological polar surface area (TPSA) is 43.8 Å². The minimum Gasteiger partial charge on any atom is -0.388 e. The Labute approximate surface area is 139 Å². The summed E-state index contributed by atoms with van der Waals surface area (Å²) in [6.07, 6.45) is 2.88. The molecule has 1 N–H and O–H groups in total. The number of hydrogen-bond donors (Lipinski definition) is 1. The molecule has 1 saturated heterocycles. The standard InChI is InChI=1S/C19H28N2O2/c1-14(18(22)21-11-6-9-17(21)19(2,3)23)20-12-10-15-7-4-5-8-16(15)13-20/h4-5,7-8,14,17,23H,6,9-13H2,1-3H3. The number of aliphatic hydroxyl groups is 1. The fraction of sp³-hybridized carbons (Fsp3) is 0.632. The third-order valence-electron chi connectivity index (χ3n) is 5.42. The SMILES string of the molecule is CC(C(=O)N1CCCC1C(C)(C)O)N1CCc2ccccc2C1. The maximum Gasteiger partial charge on any atom is 0.240 e. The van der Waals surface area contributed by atoms with Gasteiger partial charge in [0.25, 0.3) is 0 Å². The Morgan fingerprint density at radius 2 is 1.96 bits per heavy atom. The molecule has 3 rings (SSSR count). The van der Waals surface area contributed by atoms with Crippen LogP contribution in [-0.2, 0) is 17.8 Å². The number of carbonyl (C=O) groups is 1. The predicted molar refractivity (Wildman–Crippen MR) is 91.1 cm³/mol. The zero-order valence-electron chi connectivity index (χ0n) is 14.5. The van der Waals surface area contributed by atoms with Crippen LogP contribution < -0.4 is 0 Å². The molecule has 0 aromatic heterocycles. The fourth-order valence-electron chi connectivity index (χ4n) is 4.01. The van der Waals surface area contributed by atoms with Crippen molar-refractivity contribution in [2.24, 2.45) is 0 Å². The first-order valence-corrected chi connectivity index (χ1v) is 8.71. The van der Waals surface area contributed by atoms with Crippen molar-refractivity contribution in [3.63, 3.8) is 0 Å². The van der Waals surface area contributed by atoms with Gasteiger partial charge >= 0.3 is 0 Å². The lowest BCUT2D eigenvalue weighted by Crippen LogP contribution is -2.54. The molecule has 0 saturated carbocycles. The molecule has 0 bridgehead atoms. The van der Waals surface area contributed by atoms with Gasteiger partial charge in [0.2, 0.25) is 5.91 Å². The van der Waals surface area contributed by atoms with Gasteiger partial charge < -0.3 is 10.0 Å². The second-order valence-corrected chi connectivity index (χ2v) is 7.51. The fourth-order valence-corrected chi connectivity index (χ4v) is 4.01. The van der Waals surface area contributed by atoms with Gasteiger partial charge in [0.15, 0.2) is 0 Å². The van der Waals surface area contributed by atoms with E-state index >= 15 is 0 Å². The van der Waals surface area contributed by atoms with E-state index in [1.165, 1.54) is 11.1 Å². The van der Waals surface area contributed by atoms with Crippen molar-refractivity contribution in [1.82, 2.24) is 9.80 Å². The molecule has 2 aliphatic heterocycles. The Hall–Kier alpha value is -1.39. The maximum atomic E-state index is 13.0. The van der Waals surface area contributed by atoms with Crippen molar-refractivity contribution in [2.75, 3.05) is 13.1 Å². The molecule has 4 nitrogen and oxygen atoms in total. The molecule has 0 aliphatic carbocycles. The summed E-state index contributed by atoms with van der Waals surface area (Å²) in [5.41, 5.74) is 1.90. The number of carbonyl (C=O) groups excluding carboxylic acids is 1. The summed E-state index contributed by atoms with van der Waals surface area (Å²) in [5.74, 6) is 0.161. The van der Waals surface area contributed by atoms with Crippen LogP contribution in [0, 0.1) is 0 Å². The molecule has 1 aromatic rings. The molecule has 2 atom stereocenters. The lowest BCUT2D eigenvalue weighted by Gasteiger charge is -2.39. The van der Waals surface area contributed by atoms with Gasteiger partial charge in [-0.2, -0.15) is 0 Å². The summed E-state index contributed by atoms with van der Waals surface area (Å²) < 4.78 is 0. The molecule has 1 amide bonds. The highest BCUT2D eigenvalue weighted by molar-refractivity contribution is 5.82. The third kappa shape index (κ3) is 3.29. The summed E-state index contributed by atoms with van der Waals surface area (Å²) >= 11 is 0. The highest BCUT2D eigenvalue weighted by Crippen LogP contribution is 2.29.